The normalized spacial score (nSPS) is 10.1. The summed E-state index contributed by atoms with van der Waals surface area (Å²) >= 11 is 0. The quantitative estimate of drug-likeness (QED) is 0.490. The van der Waals surface area contributed by atoms with Gasteiger partial charge in [0.05, 0.1) is 5.56 Å². The minimum absolute atomic E-state index is 0.279. The van der Waals surface area contributed by atoms with Crippen molar-refractivity contribution in [3.63, 3.8) is 0 Å². The molecule has 0 unspecified atom stereocenters. The molecule has 0 atom stereocenters. The summed E-state index contributed by atoms with van der Waals surface area (Å²) in [6, 6.07) is 6.57. The van der Waals surface area contributed by atoms with Crippen molar-refractivity contribution in [3.8, 4) is 0 Å². The Bertz CT molecular complexity index is 406. The zero-order valence-corrected chi connectivity index (χ0v) is 8.80. The van der Waals surface area contributed by atoms with E-state index in [-0.39, 0.29) is 6.54 Å². The lowest BCUT2D eigenvalue weighted by atomic mass is 10.2. The summed E-state index contributed by atoms with van der Waals surface area (Å²) in [5, 5.41) is 9.68. The van der Waals surface area contributed by atoms with Crippen molar-refractivity contribution in [2.24, 2.45) is 0 Å². The van der Waals surface area contributed by atoms with Gasteiger partial charge in [0.15, 0.2) is 0 Å². The number of carbonyl (C=O) groups is 2. The van der Waals surface area contributed by atoms with Crippen LogP contribution in [0.5, 0.6) is 0 Å². The van der Waals surface area contributed by atoms with Crippen LogP contribution in [-0.4, -0.2) is 35.6 Å². The maximum absolute atomic E-state index is 11.6. The highest BCUT2D eigenvalue weighted by Crippen LogP contribution is 2.09. The van der Waals surface area contributed by atoms with E-state index in [1.54, 1.807) is 24.3 Å². The predicted molar refractivity (Wildman–Crippen MR) is 58.6 cm³/mol. The number of carboxylic acid groups (broad SMARTS) is 1. The van der Waals surface area contributed by atoms with Crippen molar-refractivity contribution >= 4 is 17.6 Å². The van der Waals surface area contributed by atoms with E-state index in [0.717, 1.165) is 0 Å². The summed E-state index contributed by atoms with van der Waals surface area (Å²) in [6.45, 7) is -0.279. The molecule has 0 saturated heterocycles. The third-order valence-electron chi connectivity index (χ3n) is 1.87. The first-order chi connectivity index (χ1) is 7.50. The molecule has 0 saturated carbocycles. The topological polar surface area (TPSA) is 95.7 Å². The number of anilines is 1. The summed E-state index contributed by atoms with van der Waals surface area (Å²) < 4.78 is 0. The first-order valence-electron chi connectivity index (χ1n) is 4.59. The summed E-state index contributed by atoms with van der Waals surface area (Å²) in [5.41, 5.74) is 8.67. The van der Waals surface area contributed by atoms with E-state index in [2.05, 4.69) is 5.43 Å². The molecule has 0 aliphatic carbocycles. The number of hydrogen-bond donors (Lipinski definition) is 3. The lowest BCUT2D eigenvalue weighted by Crippen LogP contribution is -2.42. The third kappa shape index (κ3) is 3.25. The van der Waals surface area contributed by atoms with E-state index in [1.807, 2.05) is 0 Å². The number of rotatable bonds is 4. The second-order valence-electron chi connectivity index (χ2n) is 3.28. The molecule has 0 heterocycles. The van der Waals surface area contributed by atoms with E-state index in [1.165, 1.54) is 12.1 Å². The number of benzene rings is 1. The lowest BCUT2D eigenvalue weighted by molar-refractivity contribution is -0.138. The number of nitrogen functional groups attached to an aromatic ring is 1. The van der Waals surface area contributed by atoms with Crippen molar-refractivity contribution in [2.75, 3.05) is 19.3 Å². The Balaban J connectivity index is 2.66. The predicted octanol–water partition coefficient (Wildman–Crippen LogP) is -0.0700. The smallest absolute Gasteiger partial charge is 0.319 e. The SMILES string of the molecule is CN(CC(=O)O)NC(=O)c1ccccc1N. The number of nitrogens with two attached hydrogens (primary N) is 1. The molecule has 6 heteroatoms. The van der Waals surface area contributed by atoms with Gasteiger partial charge in [-0.1, -0.05) is 12.1 Å². The van der Waals surface area contributed by atoms with Crippen LogP contribution < -0.4 is 11.2 Å². The van der Waals surface area contributed by atoms with Crippen molar-refractivity contribution in [1.29, 1.82) is 0 Å². The minimum atomic E-state index is -1.02. The fraction of sp³-hybridized carbons (Fsp3) is 0.200. The highest BCUT2D eigenvalue weighted by molar-refractivity contribution is 5.98. The van der Waals surface area contributed by atoms with Crippen LogP contribution in [0.15, 0.2) is 24.3 Å². The van der Waals surface area contributed by atoms with Gasteiger partial charge in [-0.25, -0.2) is 5.01 Å². The Labute approximate surface area is 92.6 Å². The van der Waals surface area contributed by atoms with Gasteiger partial charge in [0.2, 0.25) is 0 Å². The number of nitrogens with one attached hydrogen (secondary N) is 1. The summed E-state index contributed by atoms with van der Waals surface area (Å²) in [6.07, 6.45) is 0. The molecule has 0 aliphatic rings. The van der Waals surface area contributed by atoms with Crippen LogP contribution in [0.25, 0.3) is 0 Å². The Kier molecular flexibility index (Phi) is 3.84. The molecule has 0 fully saturated rings. The van der Waals surface area contributed by atoms with Crippen molar-refractivity contribution < 1.29 is 14.7 Å². The molecule has 4 N–H and O–H groups in total. The van der Waals surface area contributed by atoms with Gasteiger partial charge in [-0.3, -0.25) is 15.0 Å². The average molecular weight is 223 g/mol. The molecule has 0 spiro atoms. The van der Waals surface area contributed by atoms with E-state index < -0.39 is 11.9 Å². The Morgan fingerprint density at radius 1 is 1.44 bits per heavy atom. The molecular weight excluding hydrogens is 210 g/mol. The van der Waals surface area contributed by atoms with Crippen LogP contribution in [0.3, 0.4) is 0 Å². The van der Waals surface area contributed by atoms with Crippen molar-refractivity contribution in [3.05, 3.63) is 29.8 Å². The molecule has 0 aliphatic heterocycles. The van der Waals surface area contributed by atoms with Crippen LogP contribution in [0.4, 0.5) is 5.69 Å². The summed E-state index contributed by atoms with van der Waals surface area (Å²) in [5.74, 6) is -1.45. The number of hydrogen-bond acceptors (Lipinski definition) is 4. The van der Waals surface area contributed by atoms with Crippen LogP contribution in [0.1, 0.15) is 10.4 Å². The van der Waals surface area contributed by atoms with Gasteiger partial charge < -0.3 is 10.8 Å². The number of likely N-dealkylation sites (N-methyl/N-ethyl adjacent to an activating group) is 1. The van der Waals surface area contributed by atoms with Crippen LogP contribution in [0, 0.1) is 0 Å². The molecule has 0 aromatic heterocycles. The monoisotopic (exact) mass is 223 g/mol. The number of hydrazine groups is 1. The lowest BCUT2D eigenvalue weighted by Gasteiger charge is -2.16. The van der Waals surface area contributed by atoms with Crippen LogP contribution in [0.2, 0.25) is 0 Å². The Hall–Kier alpha value is -2.08. The largest absolute Gasteiger partial charge is 0.480 e. The molecule has 86 valence electrons. The van der Waals surface area contributed by atoms with Gasteiger partial charge in [-0.15, -0.1) is 0 Å². The Morgan fingerprint density at radius 3 is 2.62 bits per heavy atom. The van der Waals surface area contributed by atoms with Crippen molar-refractivity contribution in [1.82, 2.24) is 10.4 Å². The fourth-order valence-corrected chi connectivity index (χ4v) is 1.18. The molecule has 1 rings (SSSR count). The fourth-order valence-electron chi connectivity index (χ4n) is 1.18. The number of para-hydroxylation sites is 1. The molecule has 0 radical (unpaired) electrons. The Morgan fingerprint density at radius 2 is 2.06 bits per heavy atom. The van der Waals surface area contributed by atoms with Gasteiger partial charge in [0.1, 0.15) is 6.54 Å². The number of aliphatic carboxylic acids is 1. The maximum atomic E-state index is 11.6. The van der Waals surface area contributed by atoms with Crippen molar-refractivity contribution in [2.45, 2.75) is 0 Å². The number of carbonyl (C=O) groups excluding carboxylic acids is 1. The second kappa shape index (κ2) is 5.13. The number of nitrogens with zero attached hydrogens (tertiary/aromatic N) is 1. The highest BCUT2D eigenvalue weighted by Gasteiger charge is 2.12. The van der Waals surface area contributed by atoms with Crippen LogP contribution in [-0.2, 0) is 4.79 Å². The minimum Gasteiger partial charge on any atom is -0.480 e. The molecular formula is C10H13N3O3. The molecule has 0 bridgehead atoms. The van der Waals surface area contributed by atoms with Gasteiger partial charge in [-0.05, 0) is 12.1 Å². The van der Waals surface area contributed by atoms with Gasteiger partial charge in [-0.2, -0.15) is 0 Å². The van der Waals surface area contributed by atoms with E-state index in [9.17, 15) is 9.59 Å². The maximum Gasteiger partial charge on any atom is 0.319 e. The third-order valence-corrected chi connectivity index (χ3v) is 1.87. The number of carboxylic acids is 1. The zero-order chi connectivity index (χ0) is 12.1. The zero-order valence-electron chi connectivity index (χ0n) is 8.80. The molecule has 1 aromatic carbocycles. The first-order valence-corrected chi connectivity index (χ1v) is 4.59. The molecule has 1 aromatic rings. The number of amides is 1. The first kappa shape index (κ1) is 12.0. The molecule has 16 heavy (non-hydrogen) atoms. The van der Waals surface area contributed by atoms with E-state index in [4.69, 9.17) is 10.8 Å². The standard InChI is InChI=1S/C10H13N3O3/c1-13(6-9(14)15)12-10(16)7-4-2-3-5-8(7)11/h2-5H,6,11H2,1H3,(H,12,16)(H,14,15). The van der Waals surface area contributed by atoms with E-state index in [0.29, 0.717) is 11.3 Å². The second-order valence-corrected chi connectivity index (χ2v) is 3.28. The highest BCUT2D eigenvalue weighted by atomic mass is 16.4. The summed E-state index contributed by atoms with van der Waals surface area (Å²) in [4.78, 5) is 22.0. The summed E-state index contributed by atoms with van der Waals surface area (Å²) in [7, 11) is 1.46. The van der Waals surface area contributed by atoms with Gasteiger partial charge >= 0.3 is 5.97 Å². The molecule has 6 nitrogen and oxygen atoms in total. The van der Waals surface area contributed by atoms with Gasteiger partial charge in [0.25, 0.3) is 5.91 Å². The van der Waals surface area contributed by atoms with E-state index >= 15 is 0 Å². The molecule has 1 amide bonds. The average Bonchev–Trinajstić information content (AvgIpc) is 2.16. The van der Waals surface area contributed by atoms with Gasteiger partial charge in [0, 0.05) is 12.7 Å². The van der Waals surface area contributed by atoms with Crippen LogP contribution >= 0.6 is 0 Å².